The predicted molar refractivity (Wildman–Crippen MR) is 468 cm³/mol. The molecular formula is C91H100ClF3LiN7O19S2. The fourth-order valence-electron chi connectivity index (χ4n) is 12.5. The number of nitrogens with two attached hydrogens (primary N) is 1. The predicted octanol–water partition coefficient (Wildman–Crippen LogP) is 14.0. The van der Waals surface area contributed by atoms with E-state index in [-0.39, 0.29) is 153 Å². The van der Waals surface area contributed by atoms with Crippen LogP contribution in [-0.4, -0.2) is 116 Å². The summed E-state index contributed by atoms with van der Waals surface area (Å²) < 4.78 is 114. The summed E-state index contributed by atoms with van der Waals surface area (Å²) in [4.78, 5) is 81.8. The molecule has 6 aromatic carbocycles. The molecule has 8 N–H and O–H groups in total. The summed E-state index contributed by atoms with van der Waals surface area (Å²) in [6.07, 6.45) is 9.78. The van der Waals surface area contributed by atoms with Gasteiger partial charge >= 0.3 is 36.8 Å². The summed E-state index contributed by atoms with van der Waals surface area (Å²) in [5.74, 6) is -1.86. The molecule has 12 rings (SSSR count). The number of ether oxygens (including phenoxy) is 5. The van der Waals surface area contributed by atoms with Gasteiger partial charge in [0.1, 0.15) is 47.2 Å². The number of anilines is 3. The number of phenolic OH excluding ortho intramolecular Hbond substituents is 1. The minimum absolute atomic E-state index is 0. The third-order valence-electron chi connectivity index (χ3n) is 18.3. The molecule has 0 aliphatic carbocycles. The quantitative estimate of drug-likeness (QED) is 0.0144. The van der Waals surface area contributed by atoms with Crippen LogP contribution in [0.2, 0.25) is 0 Å². The van der Waals surface area contributed by atoms with Gasteiger partial charge < -0.3 is 74.3 Å². The maximum Gasteiger partial charge on any atom is 1.00 e. The minimum Gasteiger partial charge on any atom is -0.870 e. The molecule has 12 aromatic rings. The standard InChI is InChI=1S/C32H35FN2O6S.C27H26FN3O5.C20H22FNO3S.C12H15NO4.ClH.Li.H2O/c1-6-39-29(37)17-22-7-8-24(35-20(2)36)18-28(22)41-19-21-15-23-10-13-40-31(23)26(16-21)25-9-12-34-27(30(25)33)11-14-42(38)32(3,4)5;1-3-34-25(33)12-18-4-5-20(31-16(2)32)13-24(18)36-15-17-10-19-7-9-35-27(19)22(11-17)21-6-8-30-23(14-29)26(21)28;1-20(2,3)26(24)9-6-17-18(21)15(4-7-22-17)16-11-13(12-23)10-14-5-8-25-19(14)16;1-3-17-12(16)6-9-4-5-10(7-11(9)15)13-8(2)14;;;/h7-10,12-13,15-16,18H,6,11,14,17,19H2,1-5H3,(H,35,36);4-11,13H,3,12,14-15,29H2,1-2H3,(H,31,32);4-5,7-8,10-11,23H,6,9,12H2,1-3H3;4-5,7,15H,3,6H2,1-2H3,(H,13,14);1H;;1H2/q;;;;;+1;/p-1/t42-;;26-;;;;/m1.1..../s1. The topological polar surface area (TPSA) is 393 Å². The van der Waals surface area contributed by atoms with Gasteiger partial charge in [0.05, 0.1) is 81.6 Å². The van der Waals surface area contributed by atoms with Crippen LogP contribution in [0.1, 0.15) is 134 Å². The summed E-state index contributed by atoms with van der Waals surface area (Å²) in [6, 6.07) is 35.7. The number of phenols is 1. The molecule has 2 atom stereocenters. The van der Waals surface area contributed by atoms with E-state index in [0.29, 0.717) is 125 Å². The molecular weight excluding hydrogens is 1660 g/mol. The fourth-order valence-corrected chi connectivity index (χ4v) is 14.5. The Bertz CT molecular complexity index is 5770. The molecule has 0 fully saturated rings. The number of pyridine rings is 3. The molecule has 26 nitrogen and oxygen atoms in total. The van der Waals surface area contributed by atoms with E-state index in [1.165, 1.54) is 39.3 Å². The van der Waals surface area contributed by atoms with E-state index in [1.54, 1.807) is 149 Å². The molecule has 0 spiro atoms. The van der Waals surface area contributed by atoms with Crippen LogP contribution in [0.25, 0.3) is 66.3 Å². The number of aryl methyl sites for hydroxylation is 2. The molecule has 0 unspecified atom stereocenters. The Balaban J connectivity index is 0.000000265. The molecule has 0 aliphatic rings. The number of benzene rings is 6. The Morgan fingerprint density at radius 1 is 0.460 bits per heavy atom. The van der Waals surface area contributed by atoms with Gasteiger partial charge in [-0.15, -0.1) is 12.4 Å². The number of carbonyl (C=O) groups is 6. The number of nitrogens with zero attached hydrogens (tertiary/aromatic N) is 3. The summed E-state index contributed by atoms with van der Waals surface area (Å²) in [7, 11) is -2.22. The smallest absolute Gasteiger partial charge is 0.870 e. The number of amides is 3. The number of halogens is 4. The van der Waals surface area contributed by atoms with Gasteiger partial charge in [-0.05, 0) is 170 Å². The first-order valence-electron chi connectivity index (χ1n) is 38.8. The fraction of sp³-hybridized carbons (Fsp3) is 0.308. The van der Waals surface area contributed by atoms with Crippen molar-refractivity contribution in [2.45, 2.75) is 151 Å². The Labute approximate surface area is 739 Å². The zero-order chi connectivity index (χ0) is 87.8. The van der Waals surface area contributed by atoms with E-state index >= 15 is 13.2 Å². The average molecular weight is 1760 g/mol. The van der Waals surface area contributed by atoms with Crippen molar-refractivity contribution in [3.63, 3.8) is 0 Å². The zero-order valence-corrected chi connectivity index (χ0v) is 73.6. The third kappa shape index (κ3) is 28.3. The van der Waals surface area contributed by atoms with Crippen molar-refractivity contribution in [3.8, 4) is 50.6 Å². The molecule has 0 aliphatic heterocycles. The van der Waals surface area contributed by atoms with Crippen molar-refractivity contribution in [2.24, 2.45) is 5.73 Å². The van der Waals surface area contributed by atoms with Gasteiger partial charge in [0, 0.05) is 203 Å². The first kappa shape index (κ1) is 101. The van der Waals surface area contributed by atoms with Crippen molar-refractivity contribution in [1.29, 1.82) is 0 Å². The second-order valence-corrected chi connectivity index (χ2v) is 34.2. The Hall–Kier alpha value is -11.5. The number of carbonyl (C=O) groups excluding carboxylic acids is 6. The Morgan fingerprint density at radius 2 is 0.782 bits per heavy atom. The van der Waals surface area contributed by atoms with Crippen LogP contribution >= 0.6 is 12.4 Å². The minimum atomic E-state index is -1.14. The van der Waals surface area contributed by atoms with Crippen molar-refractivity contribution < 1.29 is 122 Å². The number of aromatic hydroxyl groups is 1. The SMILES string of the molecule is CC(C)(C)[S@](=O)CCc1nccc(-c2cc(CO)cc3ccoc23)c1F.CCOC(=O)Cc1ccc(NC(C)=O)cc1O.CCOC(=O)Cc1ccc(NC(C)=O)cc1OCc1cc(-c2ccnc(CC[S@@](=O)C(C)(C)C)c2F)c2occc2c1.CCOC(=O)Cc1ccc(NC(C)=O)cc1OCc1cc(-c2ccnc(CN)c2F)c2occc2c1.Cl.[Li+].[OH-]. The number of aliphatic hydroxyl groups is 1. The third-order valence-corrected chi connectivity index (χ3v) is 22.1. The van der Waals surface area contributed by atoms with Crippen LogP contribution < -0.4 is 50.0 Å². The average Bonchev–Trinajstić information content (AvgIpc) is 1.56. The van der Waals surface area contributed by atoms with Crippen LogP contribution in [0.4, 0.5) is 30.2 Å². The number of hydrogen-bond acceptors (Lipinski definition) is 23. The van der Waals surface area contributed by atoms with E-state index < -0.39 is 55.7 Å². The molecule has 33 heteroatoms. The number of aromatic nitrogens is 3. The maximum atomic E-state index is 15.8. The molecule has 6 aromatic heterocycles. The summed E-state index contributed by atoms with van der Waals surface area (Å²) in [5, 5.41) is 29.5. The van der Waals surface area contributed by atoms with E-state index in [0.717, 1.165) is 27.3 Å². The van der Waals surface area contributed by atoms with Gasteiger partial charge in [0.15, 0.2) is 17.5 Å². The van der Waals surface area contributed by atoms with Gasteiger partial charge in [-0.1, -0.05) is 18.2 Å². The van der Waals surface area contributed by atoms with E-state index in [2.05, 4.69) is 30.9 Å². The van der Waals surface area contributed by atoms with Gasteiger partial charge in [-0.25, -0.2) is 13.2 Å². The Morgan fingerprint density at radius 3 is 1.11 bits per heavy atom. The number of aliphatic hydroxyl groups excluding tert-OH is 1. The van der Waals surface area contributed by atoms with Gasteiger partial charge in [0.25, 0.3) is 0 Å². The van der Waals surface area contributed by atoms with Crippen molar-refractivity contribution >= 4 is 120 Å². The first-order chi connectivity index (χ1) is 57.7. The van der Waals surface area contributed by atoms with E-state index in [1.807, 2.05) is 59.7 Å². The Kier molecular flexibility index (Phi) is 38.7. The molecule has 3 amide bonds. The molecule has 0 radical (unpaired) electrons. The normalized spacial score (nSPS) is 11.4. The summed E-state index contributed by atoms with van der Waals surface area (Å²) in [5.41, 5.74) is 16.0. The second kappa shape index (κ2) is 47.4. The number of hydrogen-bond donors (Lipinski definition) is 6. The van der Waals surface area contributed by atoms with Gasteiger partial charge in [-0.3, -0.25) is 52.1 Å². The molecule has 0 saturated heterocycles. The molecule has 124 heavy (non-hydrogen) atoms. The number of rotatable bonds is 29. The zero-order valence-electron chi connectivity index (χ0n) is 71.1. The number of esters is 3. The summed E-state index contributed by atoms with van der Waals surface area (Å²) >= 11 is 0. The van der Waals surface area contributed by atoms with Gasteiger partial charge in [-0.2, -0.15) is 0 Å². The van der Waals surface area contributed by atoms with Crippen LogP contribution in [0.3, 0.4) is 0 Å². The molecule has 0 bridgehead atoms. The van der Waals surface area contributed by atoms with E-state index in [4.69, 9.17) is 42.7 Å². The second-order valence-electron chi connectivity index (χ2n) is 29.5. The summed E-state index contributed by atoms with van der Waals surface area (Å²) in [6.45, 7) is 21.6. The van der Waals surface area contributed by atoms with E-state index in [9.17, 15) is 47.4 Å². The van der Waals surface area contributed by atoms with Gasteiger partial charge in [0.2, 0.25) is 17.7 Å². The molecule has 654 valence electrons. The monoisotopic (exact) mass is 1760 g/mol. The molecule has 6 heterocycles. The van der Waals surface area contributed by atoms with Crippen LogP contribution in [0.15, 0.2) is 178 Å². The van der Waals surface area contributed by atoms with Crippen LogP contribution in [0.5, 0.6) is 17.2 Å². The number of nitrogens with one attached hydrogen (secondary N) is 3. The first-order valence-corrected chi connectivity index (χ1v) is 41.4. The van der Waals surface area contributed by atoms with Crippen LogP contribution in [0, 0.1) is 17.5 Å². The van der Waals surface area contributed by atoms with Crippen LogP contribution in [-0.2, 0) is 123 Å². The van der Waals surface area contributed by atoms with Crippen molar-refractivity contribution in [3.05, 3.63) is 233 Å². The number of furan rings is 3. The number of fused-ring (bicyclic) bond motifs is 3. The maximum absolute atomic E-state index is 15.8. The van der Waals surface area contributed by atoms with Crippen molar-refractivity contribution in [2.75, 3.05) is 47.3 Å². The molecule has 0 saturated carbocycles. The van der Waals surface area contributed by atoms with Crippen molar-refractivity contribution in [1.82, 2.24) is 15.0 Å². The largest absolute Gasteiger partial charge is 1.00 e.